The van der Waals surface area contributed by atoms with E-state index in [9.17, 15) is 9.18 Å². The van der Waals surface area contributed by atoms with E-state index in [4.69, 9.17) is 4.74 Å². The van der Waals surface area contributed by atoms with E-state index in [0.717, 1.165) is 37.3 Å². The Balaban J connectivity index is 1.23. The largest absolute Gasteiger partial charge is 0.457 e. The van der Waals surface area contributed by atoms with E-state index >= 15 is 0 Å². The van der Waals surface area contributed by atoms with Crippen molar-refractivity contribution >= 4 is 11.7 Å². The van der Waals surface area contributed by atoms with Crippen LogP contribution in [0.15, 0.2) is 67.1 Å². The molecule has 7 heteroatoms. The van der Waals surface area contributed by atoms with Gasteiger partial charge in [0.05, 0.1) is 6.20 Å². The number of piperidine rings is 1. The molecule has 4 rings (SSSR count). The normalized spacial score (nSPS) is 14.4. The highest BCUT2D eigenvalue weighted by Gasteiger charge is 2.25. The van der Waals surface area contributed by atoms with E-state index in [-0.39, 0.29) is 17.6 Å². The molecule has 0 unspecified atom stereocenters. The topological polar surface area (TPSA) is 67.3 Å². The molecule has 154 valence electrons. The second-order valence-electron chi connectivity index (χ2n) is 7.24. The summed E-state index contributed by atoms with van der Waals surface area (Å²) < 4.78 is 18.6. The van der Waals surface area contributed by atoms with Gasteiger partial charge in [0.2, 0.25) is 5.91 Å². The Morgan fingerprint density at radius 3 is 2.33 bits per heavy atom. The van der Waals surface area contributed by atoms with Crippen molar-refractivity contribution in [1.82, 2.24) is 15.3 Å². The molecular weight excluding hydrogens is 383 g/mol. The lowest BCUT2D eigenvalue weighted by atomic mass is 9.96. The van der Waals surface area contributed by atoms with Gasteiger partial charge in [0.25, 0.3) is 0 Å². The van der Waals surface area contributed by atoms with Gasteiger partial charge in [0, 0.05) is 37.9 Å². The summed E-state index contributed by atoms with van der Waals surface area (Å²) in [4.78, 5) is 23.1. The second-order valence-corrected chi connectivity index (χ2v) is 7.24. The summed E-state index contributed by atoms with van der Waals surface area (Å²) in [5, 5.41) is 3.03. The maximum Gasteiger partial charge on any atom is 0.223 e. The average Bonchev–Trinajstić information content (AvgIpc) is 2.80. The third-order valence-corrected chi connectivity index (χ3v) is 5.18. The quantitative estimate of drug-likeness (QED) is 0.672. The van der Waals surface area contributed by atoms with Crippen molar-refractivity contribution in [3.8, 4) is 11.5 Å². The van der Waals surface area contributed by atoms with Crippen LogP contribution in [0.1, 0.15) is 18.4 Å². The Labute approximate surface area is 174 Å². The van der Waals surface area contributed by atoms with Crippen LogP contribution < -0.4 is 15.0 Å². The molecule has 3 aromatic rings. The zero-order chi connectivity index (χ0) is 20.8. The van der Waals surface area contributed by atoms with Gasteiger partial charge in [-0.15, -0.1) is 0 Å². The number of halogens is 1. The molecule has 1 fully saturated rings. The molecule has 0 aliphatic carbocycles. The molecule has 0 bridgehead atoms. The first-order valence-electron chi connectivity index (χ1n) is 9.98. The molecule has 0 atom stereocenters. The van der Waals surface area contributed by atoms with Crippen molar-refractivity contribution in [2.75, 3.05) is 18.0 Å². The fourth-order valence-electron chi connectivity index (χ4n) is 3.47. The summed E-state index contributed by atoms with van der Waals surface area (Å²) in [5.41, 5.74) is 0.992. The molecular formula is C23H23FN4O2. The van der Waals surface area contributed by atoms with E-state index < -0.39 is 0 Å². The van der Waals surface area contributed by atoms with Crippen LogP contribution in [-0.4, -0.2) is 29.0 Å². The molecule has 0 radical (unpaired) electrons. The highest BCUT2D eigenvalue weighted by atomic mass is 19.1. The van der Waals surface area contributed by atoms with Crippen molar-refractivity contribution in [3.05, 3.63) is 78.5 Å². The van der Waals surface area contributed by atoms with Gasteiger partial charge in [-0.3, -0.25) is 9.78 Å². The van der Waals surface area contributed by atoms with Gasteiger partial charge in [-0.1, -0.05) is 12.1 Å². The van der Waals surface area contributed by atoms with Crippen molar-refractivity contribution in [2.45, 2.75) is 19.4 Å². The predicted octanol–water partition coefficient (Wildman–Crippen LogP) is 3.94. The zero-order valence-electron chi connectivity index (χ0n) is 16.5. The number of aromatic nitrogens is 2. The summed E-state index contributed by atoms with van der Waals surface area (Å²) in [6, 6.07) is 13.4. The molecule has 1 aromatic heterocycles. The van der Waals surface area contributed by atoms with Gasteiger partial charge in [0.1, 0.15) is 23.1 Å². The molecule has 1 amide bonds. The molecule has 1 aliphatic rings. The lowest BCUT2D eigenvalue weighted by Gasteiger charge is -2.31. The van der Waals surface area contributed by atoms with Crippen molar-refractivity contribution in [3.63, 3.8) is 0 Å². The van der Waals surface area contributed by atoms with Gasteiger partial charge in [0.15, 0.2) is 0 Å². The number of nitrogens with zero attached hydrogens (tertiary/aromatic N) is 3. The van der Waals surface area contributed by atoms with Crippen LogP contribution in [0, 0.1) is 11.7 Å². The Morgan fingerprint density at radius 2 is 1.70 bits per heavy atom. The molecule has 6 nitrogen and oxygen atoms in total. The molecule has 0 spiro atoms. The summed E-state index contributed by atoms with van der Waals surface area (Å²) >= 11 is 0. The predicted molar refractivity (Wildman–Crippen MR) is 112 cm³/mol. The smallest absolute Gasteiger partial charge is 0.223 e. The number of nitrogens with one attached hydrogen (secondary N) is 1. The Hall–Kier alpha value is -3.48. The van der Waals surface area contributed by atoms with Crippen LogP contribution in [0.3, 0.4) is 0 Å². The lowest BCUT2D eigenvalue weighted by molar-refractivity contribution is -0.125. The van der Waals surface area contributed by atoms with E-state index in [0.29, 0.717) is 18.0 Å². The van der Waals surface area contributed by atoms with E-state index in [1.807, 2.05) is 24.3 Å². The van der Waals surface area contributed by atoms with Gasteiger partial charge in [-0.2, -0.15) is 0 Å². The first kappa shape index (κ1) is 19.8. The number of carbonyl (C=O) groups excluding carboxylic acids is 1. The van der Waals surface area contributed by atoms with Crippen LogP contribution in [-0.2, 0) is 11.3 Å². The maximum atomic E-state index is 13.0. The third-order valence-electron chi connectivity index (χ3n) is 5.18. The molecule has 1 N–H and O–H groups in total. The zero-order valence-corrected chi connectivity index (χ0v) is 16.5. The van der Waals surface area contributed by atoms with Crippen LogP contribution >= 0.6 is 0 Å². The molecule has 2 heterocycles. The first-order valence-corrected chi connectivity index (χ1v) is 9.98. The Bertz CT molecular complexity index is 957. The number of hydrogen-bond acceptors (Lipinski definition) is 5. The SMILES string of the molecule is O=C(NCc1ccc(Oc2ccc(F)cc2)cc1)C1CCN(c2cnccn2)CC1. The number of ether oxygens (including phenoxy) is 1. The highest BCUT2D eigenvalue weighted by molar-refractivity contribution is 5.79. The molecule has 0 saturated carbocycles. The van der Waals surface area contributed by atoms with E-state index in [1.165, 1.54) is 12.1 Å². The number of amides is 1. The van der Waals surface area contributed by atoms with Crippen LogP contribution in [0.4, 0.5) is 10.2 Å². The van der Waals surface area contributed by atoms with Gasteiger partial charge >= 0.3 is 0 Å². The number of rotatable bonds is 6. The van der Waals surface area contributed by atoms with Gasteiger partial charge in [-0.05, 0) is 54.8 Å². The fourth-order valence-corrected chi connectivity index (χ4v) is 3.47. The van der Waals surface area contributed by atoms with Crippen LogP contribution in [0.5, 0.6) is 11.5 Å². The minimum absolute atomic E-state index is 0.0130. The van der Waals surface area contributed by atoms with Crippen LogP contribution in [0.25, 0.3) is 0 Å². The molecule has 1 aliphatic heterocycles. The van der Waals surface area contributed by atoms with Gasteiger partial charge in [-0.25, -0.2) is 9.37 Å². The van der Waals surface area contributed by atoms with Crippen molar-refractivity contribution in [2.24, 2.45) is 5.92 Å². The summed E-state index contributed by atoms with van der Waals surface area (Å²) in [6.45, 7) is 2.07. The third kappa shape index (κ3) is 5.11. The van der Waals surface area contributed by atoms with E-state index in [1.54, 1.807) is 30.7 Å². The summed E-state index contributed by atoms with van der Waals surface area (Å²) in [6.07, 6.45) is 6.69. The number of hydrogen-bond donors (Lipinski definition) is 1. The minimum atomic E-state index is -0.298. The lowest BCUT2D eigenvalue weighted by Crippen LogP contribution is -2.40. The standard InChI is InChI=1S/C23H23FN4O2/c24-19-3-7-21(8-4-19)30-20-5-1-17(2-6-20)15-27-23(29)18-9-13-28(14-10-18)22-16-25-11-12-26-22/h1-8,11-12,16,18H,9-10,13-15H2,(H,27,29). The molecule has 30 heavy (non-hydrogen) atoms. The summed E-state index contributed by atoms with van der Waals surface area (Å²) in [7, 11) is 0. The number of anilines is 1. The fraction of sp³-hybridized carbons (Fsp3) is 0.261. The molecule has 2 aromatic carbocycles. The monoisotopic (exact) mass is 406 g/mol. The molecule has 1 saturated heterocycles. The number of benzene rings is 2. The minimum Gasteiger partial charge on any atom is -0.457 e. The highest BCUT2D eigenvalue weighted by Crippen LogP contribution is 2.23. The number of carbonyl (C=O) groups is 1. The average molecular weight is 406 g/mol. The van der Waals surface area contributed by atoms with E-state index in [2.05, 4.69) is 20.2 Å². The second kappa shape index (κ2) is 9.35. The van der Waals surface area contributed by atoms with Crippen molar-refractivity contribution in [1.29, 1.82) is 0 Å². The first-order chi connectivity index (χ1) is 14.7. The van der Waals surface area contributed by atoms with Gasteiger partial charge < -0.3 is 15.0 Å². The van der Waals surface area contributed by atoms with Crippen molar-refractivity contribution < 1.29 is 13.9 Å². The maximum absolute atomic E-state index is 13.0. The Kier molecular flexibility index (Phi) is 6.17. The Morgan fingerprint density at radius 1 is 1.03 bits per heavy atom. The van der Waals surface area contributed by atoms with Crippen LogP contribution in [0.2, 0.25) is 0 Å². The summed E-state index contributed by atoms with van der Waals surface area (Å²) in [5.74, 6) is 1.89.